The highest BCUT2D eigenvalue weighted by molar-refractivity contribution is 5.96. The molecule has 8 aromatic rings. The number of hydrogen-bond donors (Lipinski definition) is 0. The van der Waals surface area contributed by atoms with Gasteiger partial charge in [-0.15, -0.1) is 0 Å². The molecule has 8 aromatic carbocycles. The van der Waals surface area contributed by atoms with E-state index in [-0.39, 0.29) is 0 Å². The van der Waals surface area contributed by atoms with Gasteiger partial charge >= 0.3 is 0 Å². The highest BCUT2D eigenvalue weighted by Gasteiger charge is 2.08. The first kappa shape index (κ1) is 37.5. The number of ether oxygens (including phenoxy) is 2. The van der Waals surface area contributed by atoms with E-state index in [0.717, 1.165) is 61.6 Å². The van der Waals surface area contributed by atoms with Crippen molar-refractivity contribution in [1.29, 1.82) is 0 Å². The Morgan fingerprint density at radius 2 is 0.741 bits per heavy atom. The molecule has 0 atom stereocenters. The van der Waals surface area contributed by atoms with E-state index in [1.54, 1.807) is 14.2 Å². The molecular formula is C56H44O2. The minimum atomic E-state index is 0.847. The summed E-state index contributed by atoms with van der Waals surface area (Å²) in [5.74, 6) is 1.69. The van der Waals surface area contributed by atoms with Gasteiger partial charge in [0.25, 0.3) is 0 Å². The number of methoxy groups -OCH3 is 2. The molecule has 0 radical (unpaired) electrons. The molecule has 0 bridgehead atoms. The lowest BCUT2D eigenvalue weighted by molar-refractivity contribution is 0.414. The van der Waals surface area contributed by atoms with Crippen LogP contribution in [-0.4, -0.2) is 14.2 Å². The van der Waals surface area contributed by atoms with Crippen LogP contribution >= 0.6 is 0 Å². The molecule has 58 heavy (non-hydrogen) atoms. The van der Waals surface area contributed by atoms with E-state index in [2.05, 4.69) is 206 Å². The molecular weight excluding hydrogens is 705 g/mol. The molecule has 0 amide bonds. The van der Waals surface area contributed by atoms with Crippen molar-refractivity contribution in [2.45, 2.75) is 0 Å². The highest BCUT2D eigenvalue weighted by atomic mass is 16.5. The zero-order valence-corrected chi connectivity index (χ0v) is 32.8. The number of benzene rings is 8. The topological polar surface area (TPSA) is 18.5 Å². The zero-order chi connectivity index (χ0) is 39.5. The molecule has 0 saturated carbocycles. The SMILES string of the molecule is COc1ccc(/C(=C\c2ccc(/C=C\c3cc(/C=C\c4ccc(/C=C(/c5ccccc5)c5ccc(OC)cc5)cc4)c4ccccc4c3)cc2)c2ccccc2)cc1. The standard InChI is InChI=1S/C56H44O2/c1-57-52-33-29-48(30-34-52)55(46-11-5-3-6-12-46)39-43-22-17-41(18-23-43)21-26-45-37-50-15-9-10-16-54(50)51(38-45)28-27-42-19-24-44(25-20-42)40-56(47-13-7-4-8-14-47)49-31-35-53(58-2)36-32-49/h3-40H,1-2H3/b26-21-,28-27-,55-39-,56-40-. The fraction of sp³-hybridized carbons (Fsp3) is 0.0357. The normalized spacial score (nSPS) is 12.0. The molecule has 0 saturated heterocycles. The van der Waals surface area contributed by atoms with Crippen LogP contribution in [0.3, 0.4) is 0 Å². The molecule has 280 valence electrons. The van der Waals surface area contributed by atoms with Crippen molar-refractivity contribution in [3.63, 3.8) is 0 Å². The van der Waals surface area contributed by atoms with Gasteiger partial charge in [-0.1, -0.05) is 182 Å². The molecule has 8 rings (SSSR count). The van der Waals surface area contributed by atoms with Crippen molar-refractivity contribution in [3.8, 4) is 11.5 Å². The minimum Gasteiger partial charge on any atom is -0.497 e. The Bertz CT molecular complexity index is 2720. The van der Waals surface area contributed by atoms with Crippen molar-refractivity contribution >= 4 is 58.4 Å². The van der Waals surface area contributed by atoms with Crippen molar-refractivity contribution in [1.82, 2.24) is 0 Å². The third-order valence-corrected chi connectivity index (χ3v) is 10.3. The van der Waals surface area contributed by atoms with Crippen LogP contribution in [0.1, 0.15) is 55.6 Å². The van der Waals surface area contributed by atoms with Gasteiger partial charge in [0.05, 0.1) is 14.2 Å². The van der Waals surface area contributed by atoms with Crippen LogP contribution in [0, 0.1) is 0 Å². The van der Waals surface area contributed by atoms with E-state index in [9.17, 15) is 0 Å². The summed E-state index contributed by atoms with van der Waals surface area (Å²) in [6.07, 6.45) is 13.3. The smallest absolute Gasteiger partial charge is 0.118 e. The fourth-order valence-corrected chi connectivity index (χ4v) is 7.16. The molecule has 2 heteroatoms. The molecule has 0 fully saturated rings. The average molecular weight is 749 g/mol. The van der Waals surface area contributed by atoms with E-state index < -0.39 is 0 Å². The van der Waals surface area contributed by atoms with Gasteiger partial charge in [0, 0.05) is 0 Å². The molecule has 0 aromatic heterocycles. The first-order chi connectivity index (χ1) is 28.6. The Balaban J connectivity index is 1.02. The number of fused-ring (bicyclic) bond motifs is 1. The van der Waals surface area contributed by atoms with E-state index in [1.807, 2.05) is 24.3 Å². The Hall–Kier alpha value is -7.42. The Morgan fingerprint density at radius 3 is 1.22 bits per heavy atom. The van der Waals surface area contributed by atoms with Crippen molar-refractivity contribution < 1.29 is 9.47 Å². The average Bonchev–Trinajstić information content (AvgIpc) is 3.30. The number of rotatable bonds is 12. The summed E-state index contributed by atoms with van der Waals surface area (Å²) in [4.78, 5) is 0. The first-order valence-corrected chi connectivity index (χ1v) is 19.5. The van der Waals surface area contributed by atoms with Gasteiger partial charge in [-0.05, 0) is 126 Å². The summed E-state index contributed by atoms with van der Waals surface area (Å²) in [6.45, 7) is 0. The predicted molar refractivity (Wildman–Crippen MR) is 248 cm³/mol. The van der Waals surface area contributed by atoms with Gasteiger partial charge in [0.2, 0.25) is 0 Å². The largest absolute Gasteiger partial charge is 0.497 e. The third-order valence-electron chi connectivity index (χ3n) is 10.3. The second-order valence-electron chi connectivity index (χ2n) is 14.1. The lowest BCUT2D eigenvalue weighted by Gasteiger charge is -2.10. The summed E-state index contributed by atoms with van der Waals surface area (Å²) < 4.78 is 10.8. The monoisotopic (exact) mass is 748 g/mol. The Labute approximate surface area is 342 Å². The molecule has 0 aliphatic carbocycles. The molecule has 0 N–H and O–H groups in total. The van der Waals surface area contributed by atoms with Gasteiger partial charge in [-0.3, -0.25) is 0 Å². The summed E-state index contributed by atoms with van der Waals surface area (Å²) in [7, 11) is 3.39. The second kappa shape index (κ2) is 18.0. The molecule has 2 nitrogen and oxygen atoms in total. The van der Waals surface area contributed by atoms with E-state index in [1.165, 1.54) is 27.5 Å². The summed E-state index contributed by atoms with van der Waals surface area (Å²) in [6, 6.07) is 68.1. The van der Waals surface area contributed by atoms with Crippen LogP contribution < -0.4 is 9.47 Å². The van der Waals surface area contributed by atoms with E-state index in [0.29, 0.717) is 0 Å². The molecule has 0 aliphatic heterocycles. The van der Waals surface area contributed by atoms with Gasteiger partial charge in [0.15, 0.2) is 0 Å². The van der Waals surface area contributed by atoms with Crippen LogP contribution in [0.2, 0.25) is 0 Å². The lowest BCUT2D eigenvalue weighted by Crippen LogP contribution is -1.89. The summed E-state index contributed by atoms with van der Waals surface area (Å²) >= 11 is 0. The van der Waals surface area contributed by atoms with Crippen molar-refractivity contribution in [2.75, 3.05) is 14.2 Å². The van der Waals surface area contributed by atoms with Crippen molar-refractivity contribution in [2.24, 2.45) is 0 Å². The predicted octanol–water partition coefficient (Wildman–Crippen LogP) is 14.4. The van der Waals surface area contributed by atoms with Crippen LogP contribution in [0.5, 0.6) is 11.5 Å². The molecule has 0 spiro atoms. The fourth-order valence-electron chi connectivity index (χ4n) is 7.16. The van der Waals surface area contributed by atoms with Crippen LogP contribution in [-0.2, 0) is 0 Å². The molecule has 0 unspecified atom stereocenters. The molecule has 0 heterocycles. The second-order valence-corrected chi connectivity index (χ2v) is 14.1. The van der Waals surface area contributed by atoms with E-state index in [4.69, 9.17) is 9.47 Å². The van der Waals surface area contributed by atoms with Gasteiger partial charge in [-0.25, -0.2) is 0 Å². The lowest BCUT2D eigenvalue weighted by atomic mass is 9.95. The maximum absolute atomic E-state index is 5.41. The minimum absolute atomic E-state index is 0.847. The third kappa shape index (κ3) is 9.16. The van der Waals surface area contributed by atoms with Crippen LogP contribution in [0.4, 0.5) is 0 Å². The first-order valence-electron chi connectivity index (χ1n) is 19.5. The molecule has 0 aliphatic rings. The Kier molecular flexibility index (Phi) is 11.7. The van der Waals surface area contributed by atoms with E-state index >= 15 is 0 Å². The Morgan fingerprint density at radius 1 is 0.345 bits per heavy atom. The number of hydrogen-bond acceptors (Lipinski definition) is 2. The maximum Gasteiger partial charge on any atom is 0.118 e. The summed E-state index contributed by atoms with van der Waals surface area (Å²) in [5.41, 5.74) is 13.9. The van der Waals surface area contributed by atoms with Gasteiger partial charge < -0.3 is 9.47 Å². The van der Waals surface area contributed by atoms with Gasteiger partial charge in [-0.2, -0.15) is 0 Å². The zero-order valence-electron chi connectivity index (χ0n) is 32.8. The quantitative estimate of drug-likeness (QED) is 0.116. The van der Waals surface area contributed by atoms with Crippen molar-refractivity contribution in [3.05, 3.63) is 250 Å². The van der Waals surface area contributed by atoms with Gasteiger partial charge in [0.1, 0.15) is 11.5 Å². The summed E-state index contributed by atoms with van der Waals surface area (Å²) in [5, 5.41) is 2.44. The highest BCUT2D eigenvalue weighted by Crippen LogP contribution is 2.30. The van der Waals surface area contributed by atoms with Crippen LogP contribution in [0.25, 0.3) is 58.4 Å². The van der Waals surface area contributed by atoms with Crippen LogP contribution in [0.15, 0.2) is 194 Å². The maximum atomic E-state index is 5.41.